The molecule has 0 atom stereocenters. The molecule has 1 N–H and O–H groups in total. The summed E-state index contributed by atoms with van der Waals surface area (Å²) in [5.74, 6) is 0.400. The van der Waals surface area contributed by atoms with E-state index in [4.69, 9.17) is 4.74 Å². The molecule has 2 rings (SSSR count). The Morgan fingerprint density at radius 1 is 0.767 bits per heavy atom. The number of benzene rings is 2. The Bertz CT molecular complexity index is 724. The number of hydrogen-bond donors (Lipinski definition) is 1. The van der Waals surface area contributed by atoms with Crippen LogP contribution in [0.15, 0.2) is 48.5 Å². The maximum absolute atomic E-state index is 12.5. The number of unbranched alkanes of at least 4 members (excludes halogenated alkanes) is 11. The number of ether oxygens (including phenoxy) is 1. The van der Waals surface area contributed by atoms with E-state index in [0.29, 0.717) is 23.5 Å². The lowest BCUT2D eigenvalue weighted by atomic mass is 10.0. The quantitative estimate of drug-likeness (QED) is 0.228. The number of hydrogen-bond acceptors (Lipinski definition) is 3. The molecule has 2 aromatic carbocycles. The standard InChI is InChI=1S/C27H38O3/c1-2-3-4-5-6-7-8-9-10-11-12-16-21-30-24-19-20-25(26(28)22-24)27(29)23-17-14-13-15-18-23/h13-15,17-20,22,28H,2-12,16,21H2,1H3. The van der Waals surface area contributed by atoms with E-state index in [1.54, 1.807) is 24.3 Å². The number of carbonyl (C=O) groups excluding carboxylic acids is 1. The van der Waals surface area contributed by atoms with E-state index in [9.17, 15) is 9.90 Å². The molecule has 164 valence electrons. The van der Waals surface area contributed by atoms with Gasteiger partial charge in [0.2, 0.25) is 0 Å². The first-order valence-corrected chi connectivity index (χ1v) is 11.8. The van der Waals surface area contributed by atoms with Crippen molar-refractivity contribution >= 4 is 5.78 Å². The molecular weight excluding hydrogens is 372 g/mol. The molecule has 0 radical (unpaired) electrons. The first kappa shape index (κ1) is 24.0. The van der Waals surface area contributed by atoms with Crippen LogP contribution in [0, 0.1) is 0 Å². The molecule has 0 aromatic heterocycles. The zero-order valence-corrected chi connectivity index (χ0v) is 18.6. The van der Waals surface area contributed by atoms with Gasteiger partial charge in [0.15, 0.2) is 5.78 Å². The smallest absolute Gasteiger partial charge is 0.196 e. The SMILES string of the molecule is CCCCCCCCCCCCCCOc1ccc(C(=O)c2ccccc2)c(O)c1. The van der Waals surface area contributed by atoms with Crippen LogP contribution in [0.4, 0.5) is 0 Å². The van der Waals surface area contributed by atoms with Crippen molar-refractivity contribution < 1.29 is 14.6 Å². The van der Waals surface area contributed by atoms with Gasteiger partial charge in [0.05, 0.1) is 12.2 Å². The molecule has 0 saturated carbocycles. The lowest BCUT2D eigenvalue weighted by Gasteiger charge is -2.09. The molecule has 0 bridgehead atoms. The highest BCUT2D eigenvalue weighted by Gasteiger charge is 2.13. The lowest BCUT2D eigenvalue weighted by molar-refractivity contribution is 0.103. The Morgan fingerprint density at radius 3 is 1.90 bits per heavy atom. The third-order valence-corrected chi connectivity index (χ3v) is 5.52. The van der Waals surface area contributed by atoms with Crippen LogP contribution in [0.5, 0.6) is 11.5 Å². The highest BCUT2D eigenvalue weighted by Crippen LogP contribution is 2.26. The molecule has 0 unspecified atom stereocenters. The minimum atomic E-state index is -0.180. The highest BCUT2D eigenvalue weighted by molar-refractivity contribution is 6.10. The van der Waals surface area contributed by atoms with E-state index in [1.165, 1.54) is 76.7 Å². The summed E-state index contributed by atoms with van der Waals surface area (Å²) < 4.78 is 5.75. The van der Waals surface area contributed by atoms with Crippen molar-refractivity contribution in [2.24, 2.45) is 0 Å². The molecule has 0 heterocycles. The molecule has 0 aliphatic carbocycles. The second-order valence-corrected chi connectivity index (χ2v) is 8.11. The van der Waals surface area contributed by atoms with Crippen LogP contribution in [0.2, 0.25) is 0 Å². The van der Waals surface area contributed by atoms with Crippen molar-refractivity contribution in [3.63, 3.8) is 0 Å². The minimum absolute atomic E-state index is 0.0314. The Balaban J connectivity index is 1.55. The van der Waals surface area contributed by atoms with Crippen molar-refractivity contribution in [2.45, 2.75) is 84.0 Å². The van der Waals surface area contributed by atoms with Gasteiger partial charge in [-0.2, -0.15) is 0 Å². The van der Waals surface area contributed by atoms with Crippen LogP contribution in [-0.2, 0) is 0 Å². The molecule has 2 aromatic rings. The summed E-state index contributed by atoms with van der Waals surface area (Å²) in [5, 5.41) is 10.2. The van der Waals surface area contributed by atoms with Gasteiger partial charge in [-0.25, -0.2) is 0 Å². The fraction of sp³-hybridized carbons (Fsp3) is 0.519. The monoisotopic (exact) mass is 410 g/mol. The zero-order valence-electron chi connectivity index (χ0n) is 18.6. The van der Waals surface area contributed by atoms with E-state index < -0.39 is 0 Å². The summed E-state index contributed by atoms with van der Waals surface area (Å²) >= 11 is 0. The Morgan fingerprint density at radius 2 is 1.33 bits per heavy atom. The largest absolute Gasteiger partial charge is 0.507 e. The van der Waals surface area contributed by atoms with Gasteiger partial charge in [-0.15, -0.1) is 0 Å². The fourth-order valence-corrected chi connectivity index (χ4v) is 3.67. The van der Waals surface area contributed by atoms with E-state index >= 15 is 0 Å². The first-order valence-electron chi connectivity index (χ1n) is 11.8. The van der Waals surface area contributed by atoms with Crippen LogP contribution < -0.4 is 4.74 Å². The summed E-state index contributed by atoms with van der Waals surface area (Å²) in [4.78, 5) is 12.5. The van der Waals surface area contributed by atoms with E-state index in [0.717, 1.165) is 6.42 Å². The second kappa shape index (κ2) is 14.7. The second-order valence-electron chi connectivity index (χ2n) is 8.11. The molecule has 0 aliphatic rings. The van der Waals surface area contributed by atoms with Crippen LogP contribution in [-0.4, -0.2) is 17.5 Å². The Hall–Kier alpha value is -2.29. The molecule has 0 spiro atoms. The summed E-state index contributed by atoms with van der Waals surface area (Å²) in [5.41, 5.74) is 0.872. The van der Waals surface area contributed by atoms with Gasteiger partial charge in [0.1, 0.15) is 11.5 Å². The summed E-state index contributed by atoms with van der Waals surface area (Å²) in [7, 11) is 0. The van der Waals surface area contributed by atoms with E-state index in [1.807, 2.05) is 18.2 Å². The highest BCUT2D eigenvalue weighted by atomic mass is 16.5. The summed E-state index contributed by atoms with van der Waals surface area (Å²) in [6.07, 6.45) is 15.8. The lowest BCUT2D eigenvalue weighted by Crippen LogP contribution is -2.02. The van der Waals surface area contributed by atoms with Gasteiger partial charge in [-0.3, -0.25) is 4.79 Å². The van der Waals surface area contributed by atoms with Crippen molar-refractivity contribution in [1.29, 1.82) is 0 Å². The molecule has 0 aliphatic heterocycles. The number of phenols is 1. The zero-order chi connectivity index (χ0) is 21.4. The average molecular weight is 411 g/mol. The number of rotatable bonds is 16. The third kappa shape index (κ3) is 9.02. The van der Waals surface area contributed by atoms with Crippen LogP contribution in [0.3, 0.4) is 0 Å². The molecule has 0 fully saturated rings. The van der Waals surface area contributed by atoms with Gasteiger partial charge < -0.3 is 9.84 Å². The van der Waals surface area contributed by atoms with E-state index in [2.05, 4.69) is 6.92 Å². The van der Waals surface area contributed by atoms with Gasteiger partial charge in [0, 0.05) is 11.6 Å². The molecule has 0 amide bonds. The number of carbonyl (C=O) groups is 1. The molecule has 30 heavy (non-hydrogen) atoms. The summed E-state index contributed by atoms with van der Waals surface area (Å²) in [6.45, 7) is 2.91. The molecular formula is C27H38O3. The van der Waals surface area contributed by atoms with E-state index in [-0.39, 0.29) is 11.5 Å². The van der Waals surface area contributed by atoms with Crippen molar-refractivity contribution in [2.75, 3.05) is 6.61 Å². The van der Waals surface area contributed by atoms with Crippen LogP contribution >= 0.6 is 0 Å². The number of phenolic OH excluding ortho intramolecular Hbond substituents is 1. The van der Waals surface area contributed by atoms with Gasteiger partial charge >= 0.3 is 0 Å². The number of aromatic hydroxyl groups is 1. The maximum atomic E-state index is 12.5. The summed E-state index contributed by atoms with van der Waals surface area (Å²) in [6, 6.07) is 13.9. The van der Waals surface area contributed by atoms with Gasteiger partial charge in [-0.05, 0) is 18.6 Å². The van der Waals surface area contributed by atoms with Gasteiger partial charge in [0.25, 0.3) is 0 Å². The topological polar surface area (TPSA) is 46.5 Å². The predicted octanol–water partition coefficient (Wildman–Crippen LogP) is 7.70. The van der Waals surface area contributed by atoms with Crippen molar-refractivity contribution in [3.05, 3.63) is 59.7 Å². The first-order chi connectivity index (χ1) is 14.7. The van der Waals surface area contributed by atoms with Crippen molar-refractivity contribution in [1.82, 2.24) is 0 Å². The third-order valence-electron chi connectivity index (χ3n) is 5.52. The van der Waals surface area contributed by atoms with Crippen LogP contribution in [0.25, 0.3) is 0 Å². The normalized spacial score (nSPS) is 10.8. The fourth-order valence-electron chi connectivity index (χ4n) is 3.67. The van der Waals surface area contributed by atoms with Gasteiger partial charge in [-0.1, -0.05) is 108 Å². The minimum Gasteiger partial charge on any atom is -0.507 e. The Labute approximate surface area is 182 Å². The average Bonchev–Trinajstić information content (AvgIpc) is 2.77. The van der Waals surface area contributed by atoms with Crippen molar-refractivity contribution in [3.8, 4) is 11.5 Å². The molecule has 3 heteroatoms. The predicted molar refractivity (Wildman–Crippen MR) is 125 cm³/mol. The molecule has 3 nitrogen and oxygen atoms in total. The Kier molecular flexibility index (Phi) is 11.7. The maximum Gasteiger partial charge on any atom is 0.196 e. The number of ketones is 1. The molecule has 0 saturated heterocycles. The van der Waals surface area contributed by atoms with Crippen LogP contribution in [0.1, 0.15) is 99.9 Å².